The molecular formula is C15H22N6O. The topological polar surface area (TPSA) is 75.4 Å². The Morgan fingerprint density at radius 3 is 2.91 bits per heavy atom. The summed E-state index contributed by atoms with van der Waals surface area (Å²) in [4.78, 5) is 13.3. The molecule has 22 heavy (non-hydrogen) atoms. The molecule has 1 aliphatic heterocycles. The SMILES string of the molecule is CC(=O)NCCC1CCN(c2cc(C)nn3cnnc23)CC1. The molecule has 118 valence electrons. The van der Waals surface area contributed by atoms with Crippen LogP contribution in [0.3, 0.4) is 0 Å². The van der Waals surface area contributed by atoms with Crippen molar-refractivity contribution >= 4 is 17.2 Å². The number of amides is 1. The smallest absolute Gasteiger partial charge is 0.216 e. The second kappa shape index (κ2) is 6.29. The first kappa shape index (κ1) is 14.7. The third-order valence-corrected chi connectivity index (χ3v) is 4.25. The van der Waals surface area contributed by atoms with E-state index in [1.54, 1.807) is 17.8 Å². The molecule has 1 aliphatic rings. The maximum absolute atomic E-state index is 10.9. The average molecular weight is 302 g/mol. The van der Waals surface area contributed by atoms with Gasteiger partial charge in [0.05, 0.1) is 11.4 Å². The van der Waals surface area contributed by atoms with Crippen molar-refractivity contribution in [3.05, 3.63) is 18.1 Å². The summed E-state index contributed by atoms with van der Waals surface area (Å²) >= 11 is 0. The van der Waals surface area contributed by atoms with Crippen LogP contribution < -0.4 is 10.2 Å². The quantitative estimate of drug-likeness (QED) is 0.917. The Morgan fingerprint density at radius 1 is 1.41 bits per heavy atom. The molecule has 3 rings (SSSR count). The van der Waals surface area contributed by atoms with Gasteiger partial charge in [-0.1, -0.05) is 0 Å². The second-order valence-electron chi connectivity index (χ2n) is 5.97. The first-order valence-corrected chi connectivity index (χ1v) is 7.80. The van der Waals surface area contributed by atoms with Crippen LogP contribution in [0.25, 0.3) is 5.65 Å². The van der Waals surface area contributed by atoms with Crippen molar-refractivity contribution in [2.75, 3.05) is 24.5 Å². The van der Waals surface area contributed by atoms with E-state index in [0.29, 0.717) is 5.92 Å². The number of rotatable bonds is 4. The van der Waals surface area contributed by atoms with Gasteiger partial charge in [-0.2, -0.15) is 9.61 Å². The maximum atomic E-state index is 10.9. The summed E-state index contributed by atoms with van der Waals surface area (Å²) in [7, 11) is 0. The fourth-order valence-electron chi connectivity index (χ4n) is 3.08. The summed E-state index contributed by atoms with van der Waals surface area (Å²) in [6.07, 6.45) is 4.98. The second-order valence-corrected chi connectivity index (χ2v) is 5.97. The zero-order valence-corrected chi connectivity index (χ0v) is 13.1. The number of carbonyl (C=O) groups excluding carboxylic acids is 1. The molecule has 0 spiro atoms. The molecule has 7 heteroatoms. The monoisotopic (exact) mass is 302 g/mol. The van der Waals surface area contributed by atoms with Crippen LogP contribution in [0.4, 0.5) is 5.69 Å². The van der Waals surface area contributed by atoms with Crippen LogP contribution in [0, 0.1) is 12.8 Å². The zero-order valence-electron chi connectivity index (χ0n) is 13.1. The molecule has 0 unspecified atom stereocenters. The van der Waals surface area contributed by atoms with Crippen molar-refractivity contribution < 1.29 is 4.79 Å². The molecular weight excluding hydrogens is 280 g/mol. The lowest BCUT2D eigenvalue weighted by atomic mass is 9.93. The molecule has 2 aromatic rings. The first-order valence-electron chi connectivity index (χ1n) is 7.80. The Kier molecular flexibility index (Phi) is 4.22. The molecule has 1 fully saturated rings. The van der Waals surface area contributed by atoms with Crippen LogP contribution in [0.1, 0.15) is 31.9 Å². The molecule has 0 atom stereocenters. The summed E-state index contributed by atoms with van der Waals surface area (Å²) in [6.45, 7) is 6.36. The molecule has 0 bridgehead atoms. The van der Waals surface area contributed by atoms with Crippen LogP contribution in [0.5, 0.6) is 0 Å². The maximum Gasteiger partial charge on any atom is 0.216 e. The molecule has 0 radical (unpaired) electrons. The molecule has 1 N–H and O–H groups in total. The predicted molar refractivity (Wildman–Crippen MR) is 83.8 cm³/mol. The molecule has 1 saturated heterocycles. The number of hydrogen-bond donors (Lipinski definition) is 1. The number of aryl methyl sites for hydroxylation is 1. The highest BCUT2D eigenvalue weighted by Crippen LogP contribution is 2.27. The van der Waals surface area contributed by atoms with E-state index in [2.05, 4.69) is 31.6 Å². The predicted octanol–water partition coefficient (Wildman–Crippen LogP) is 1.18. The minimum atomic E-state index is 0.0545. The van der Waals surface area contributed by atoms with Crippen LogP contribution >= 0.6 is 0 Å². The standard InChI is InChI=1S/C15H22N6O/c1-11-9-14(15-18-17-10-21(15)19-11)20-7-4-13(5-8-20)3-6-16-12(2)22/h9-10,13H,3-8H2,1-2H3,(H,16,22). The number of aromatic nitrogens is 4. The summed E-state index contributed by atoms with van der Waals surface area (Å²) in [6, 6.07) is 2.08. The van der Waals surface area contributed by atoms with Crippen molar-refractivity contribution in [2.24, 2.45) is 5.92 Å². The highest BCUT2D eigenvalue weighted by Gasteiger charge is 2.22. The van der Waals surface area contributed by atoms with Gasteiger partial charge in [-0.05, 0) is 38.2 Å². The van der Waals surface area contributed by atoms with Crippen molar-refractivity contribution in [3.8, 4) is 0 Å². The van der Waals surface area contributed by atoms with E-state index < -0.39 is 0 Å². The minimum Gasteiger partial charge on any atom is -0.368 e. The van der Waals surface area contributed by atoms with Crippen LogP contribution in [-0.2, 0) is 4.79 Å². The Labute approximate surface area is 129 Å². The number of carbonyl (C=O) groups is 1. The Bertz CT molecular complexity index is 659. The van der Waals surface area contributed by atoms with Gasteiger partial charge in [-0.25, -0.2) is 0 Å². The molecule has 0 saturated carbocycles. The van der Waals surface area contributed by atoms with Gasteiger partial charge in [0.15, 0.2) is 0 Å². The van der Waals surface area contributed by atoms with Crippen molar-refractivity contribution in [2.45, 2.75) is 33.1 Å². The lowest BCUT2D eigenvalue weighted by Gasteiger charge is -2.33. The fourth-order valence-corrected chi connectivity index (χ4v) is 3.08. The van der Waals surface area contributed by atoms with E-state index in [1.807, 2.05) is 6.92 Å². The summed E-state index contributed by atoms with van der Waals surface area (Å²) in [5.41, 5.74) is 2.91. The van der Waals surface area contributed by atoms with Gasteiger partial charge in [-0.15, -0.1) is 10.2 Å². The molecule has 0 aliphatic carbocycles. The number of piperidine rings is 1. The lowest BCUT2D eigenvalue weighted by Crippen LogP contribution is -2.35. The Morgan fingerprint density at radius 2 is 2.18 bits per heavy atom. The van der Waals surface area contributed by atoms with Crippen molar-refractivity contribution in [1.82, 2.24) is 25.1 Å². The van der Waals surface area contributed by atoms with E-state index in [0.717, 1.165) is 55.9 Å². The first-order chi connectivity index (χ1) is 10.6. The number of fused-ring (bicyclic) bond motifs is 1. The van der Waals surface area contributed by atoms with Gasteiger partial charge in [0.2, 0.25) is 11.6 Å². The van der Waals surface area contributed by atoms with Gasteiger partial charge in [0.1, 0.15) is 6.33 Å². The highest BCUT2D eigenvalue weighted by atomic mass is 16.1. The van der Waals surface area contributed by atoms with Gasteiger partial charge in [0.25, 0.3) is 0 Å². The van der Waals surface area contributed by atoms with Crippen LogP contribution in [0.2, 0.25) is 0 Å². The minimum absolute atomic E-state index is 0.0545. The van der Waals surface area contributed by atoms with Crippen molar-refractivity contribution in [3.63, 3.8) is 0 Å². The summed E-state index contributed by atoms with van der Waals surface area (Å²) in [5, 5.41) is 15.4. The fraction of sp³-hybridized carbons (Fsp3) is 0.600. The van der Waals surface area contributed by atoms with Gasteiger partial charge in [-0.3, -0.25) is 4.79 Å². The number of nitrogens with zero attached hydrogens (tertiary/aromatic N) is 5. The van der Waals surface area contributed by atoms with Crippen molar-refractivity contribution in [1.29, 1.82) is 0 Å². The Hall–Kier alpha value is -2.18. The Balaban J connectivity index is 1.63. The third-order valence-electron chi connectivity index (χ3n) is 4.25. The van der Waals surface area contributed by atoms with Gasteiger partial charge >= 0.3 is 0 Å². The molecule has 0 aromatic carbocycles. The van der Waals surface area contributed by atoms with E-state index in [-0.39, 0.29) is 5.91 Å². The third kappa shape index (κ3) is 3.18. The molecule has 1 amide bonds. The normalized spacial score (nSPS) is 16.2. The highest BCUT2D eigenvalue weighted by molar-refractivity contribution is 5.72. The number of nitrogens with one attached hydrogen (secondary N) is 1. The van der Waals surface area contributed by atoms with Crippen LogP contribution in [0.15, 0.2) is 12.4 Å². The van der Waals surface area contributed by atoms with E-state index in [9.17, 15) is 4.79 Å². The van der Waals surface area contributed by atoms with E-state index >= 15 is 0 Å². The van der Waals surface area contributed by atoms with E-state index in [1.165, 1.54) is 0 Å². The molecule has 2 aromatic heterocycles. The molecule has 7 nitrogen and oxygen atoms in total. The van der Waals surface area contributed by atoms with E-state index in [4.69, 9.17) is 0 Å². The summed E-state index contributed by atoms with van der Waals surface area (Å²) < 4.78 is 1.74. The van der Waals surface area contributed by atoms with Gasteiger partial charge in [0, 0.05) is 26.6 Å². The average Bonchev–Trinajstić information content (AvgIpc) is 2.95. The molecule has 3 heterocycles. The van der Waals surface area contributed by atoms with Gasteiger partial charge < -0.3 is 10.2 Å². The summed E-state index contributed by atoms with van der Waals surface area (Å²) in [5.74, 6) is 0.735. The number of hydrogen-bond acceptors (Lipinski definition) is 5. The number of anilines is 1. The lowest BCUT2D eigenvalue weighted by molar-refractivity contribution is -0.119. The zero-order chi connectivity index (χ0) is 15.5. The largest absolute Gasteiger partial charge is 0.368 e. The van der Waals surface area contributed by atoms with Crippen LogP contribution in [-0.4, -0.2) is 45.4 Å².